The molecule has 1 atom stereocenters. The molecule has 0 spiro atoms. The molecule has 0 radical (unpaired) electrons. The zero-order valence-electron chi connectivity index (χ0n) is 13.2. The van der Waals surface area contributed by atoms with Crippen molar-refractivity contribution in [3.63, 3.8) is 0 Å². The average Bonchev–Trinajstić information content (AvgIpc) is 2.55. The van der Waals surface area contributed by atoms with Crippen LogP contribution in [0.4, 0.5) is 0 Å². The van der Waals surface area contributed by atoms with Gasteiger partial charge in [-0.25, -0.2) is 0 Å². The molecular formula is C19H19O3S+. The molecule has 0 saturated heterocycles. The lowest BCUT2D eigenvalue weighted by Crippen LogP contribution is -2.19. The van der Waals surface area contributed by atoms with Gasteiger partial charge in [-0.2, -0.15) is 0 Å². The number of carbonyl (C=O) groups is 1. The molecule has 0 N–H and O–H groups in total. The van der Waals surface area contributed by atoms with Crippen LogP contribution in [0.5, 0.6) is 5.75 Å². The first-order valence-electron chi connectivity index (χ1n) is 7.31. The average molecular weight is 327 g/mol. The van der Waals surface area contributed by atoms with Crippen molar-refractivity contribution in [2.45, 2.75) is 6.92 Å². The van der Waals surface area contributed by atoms with E-state index in [0.717, 1.165) is 5.56 Å². The summed E-state index contributed by atoms with van der Waals surface area (Å²) in [7, 11) is -2.54. The number of ether oxygens (including phenoxy) is 1. The third kappa shape index (κ3) is 5.39. The Balaban J connectivity index is 2.06. The van der Waals surface area contributed by atoms with Gasteiger partial charge in [0.1, 0.15) is 12.0 Å². The summed E-state index contributed by atoms with van der Waals surface area (Å²) in [6.07, 6.45) is 1.52. The molecule has 2 aromatic carbocycles. The van der Waals surface area contributed by atoms with Crippen molar-refractivity contribution in [3.05, 3.63) is 65.7 Å². The fraction of sp³-hybridized carbons (Fsp3) is 0.211. The van der Waals surface area contributed by atoms with Crippen LogP contribution in [0, 0.1) is 11.2 Å². The van der Waals surface area contributed by atoms with Crippen molar-refractivity contribution < 1.29 is 13.7 Å². The maximum absolute atomic E-state index is 12.5. The zero-order valence-corrected chi connectivity index (χ0v) is 14.1. The minimum atomic E-state index is -2.54. The number of Topliss-reactive ketones (excluding diaryl/α,β-unsaturated/α-hetero) is 1. The SMILES string of the molecule is CCOc1ccc(C(=O)C[S+](C)(=O)C#Cc2ccccc2)cc1. The van der Waals surface area contributed by atoms with E-state index in [0.29, 0.717) is 17.9 Å². The lowest BCUT2D eigenvalue weighted by atomic mass is 10.1. The van der Waals surface area contributed by atoms with E-state index in [-0.39, 0.29) is 11.5 Å². The van der Waals surface area contributed by atoms with Crippen molar-refractivity contribution in [1.29, 1.82) is 0 Å². The number of hydrogen-bond acceptors (Lipinski definition) is 3. The largest absolute Gasteiger partial charge is 0.494 e. The van der Waals surface area contributed by atoms with Crippen molar-refractivity contribution in [2.75, 3.05) is 18.6 Å². The number of benzene rings is 2. The minimum Gasteiger partial charge on any atom is -0.494 e. The first-order chi connectivity index (χ1) is 11.0. The van der Waals surface area contributed by atoms with Crippen molar-refractivity contribution in [2.24, 2.45) is 0 Å². The van der Waals surface area contributed by atoms with Crippen LogP contribution in [0.2, 0.25) is 0 Å². The minimum absolute atomic E-state index is 0.0825. The second kappa shape index (κ2) is 7.75. The third-order valence-corrected chi connectivity index (χ3v) is 4.43. The summed E-state index contributed by atoms with van der Waals surface area (Å²) < 4.78 is 17.8. The third-order valence-electron chi connectivity index (χ3n) is 3.08. The van der Waals surface area contributed by atoms with Crippen LogP contribution < -0.4 is 4.74 Å². The van der Waals surface area contributed by atoms with E-state index in [9.17, 15) is 9.00 Å². The lowest BCUT2D eigenvalue weighted by Gasteiger charge is -2.04. The van der Waals surface area contributed by atoms with Crippen LogP contribution in [-0.4, -0.2) is 24.4 Å². The highest BCUT2D eigenvalue weighted by Gasteiger charge is 2.24. The van der Waals surface area contributed by atoms with Crippen LogP contribution in [0.25, 0.3) is 0 Å². The van der Waals surface area contributed by atoms with Crippen molar-refractivity contribution >= 4 is 15.7 Å². The Morgan fingerprint density at radius 2 is 1.74 bits per heavy atom. The van der Waals surface area contributed by atoms with E-state index in [4.69, 9.17) is 4.74 Å². The van der Waals surface area contributed by atoms with Gasteiger partial charge in [-0.15, -0.1) is 0 Å². The van der Waals surface area contributed by atoms with E-state index in [1.54, 1.807) is 24.3 Å². The molecule has 0 fully saturated rings. The monoisotopic (exact) mass is 327 g/mol. The van der Waals surface area contributed by atoms with Crippen LogP contribution >= 0.6 is 0 Å². The van der Waals surface area contributed by atoms with E-state index in [2.05, 4.69) is 11.2 Å². The molecular weight excluding hydrogens is 308 g/mol. The first kappa shape index (κ1) is 17.0. The molecule has 2 aromatic rings. The number of rotatable bonds is 5. The predicted octanol–water partition coefficient (Wildman–Crippen LogP) is 3.41. The van der Waals surface area contributed by atoms with Gasteiger partial charge >= 0.3 is 0 Å². The van der Waals surface area contributed by atoms with Gasteiger partial charge in [-0.05, 0) is 49.2 Å². The Morgan fingerprint density at radius 3 is 2.35 bits per heavy atom. The van der Waals surface area contributed by atoms with Gasteiger partial charge < -0.3 is 4.74 Å². The molecule has 3 nitrogen and oxygen atoms in total. The van der Waals surface area contributed by atoms with Gasteiger partial charge in [-0.1, -0.05) is 22.4 Å². The molecule has 0 aliphatic heterocycles. The summed E-state index contributed by atoms with van der Waals surface area (Å²) in [6.45, 7) is 2.47. The molecule has 4 heteroatoms. The topological polar surface area (TPSA) is 43.4 Å². The molecule has 1 unspecified atom stereocenters. The molecule has 0 aliphatic carbocycles. The quantitative estimate of drug-likeness (QED) is 0.480. The Labute approximate surface area is 138 Å². The molecule has 0 amide bonds. The summed E-state index contributed by atoms with van der Waals surface area (Å²) in [4.78, 5) is 12.3. The first-order valence-corrected chi connectivity index (χ1v) is 9.44. The molecule has 2 rings (SSSR count). The summed E-state index contributed by atoms with van der Waals surface area (Å²) in [5.74, 6) is 3.32. The maximum atomic E-state index is 12.5. The van der Waals surface area contributed by atoms with Crippen LogP contribution in [0.1, 0.15) is 22.8 Å². The molecule has 0 saturated carbocycles. The molecule has 0 aromatic heterocycles. The van der Waals surface area contributed by atoms with Crippen LogP contribution in [0.3, 0.4) is 0 Å². The lowest BCUT2D eigenvalue weighted by molar-refractivity contribution is 0.102. The fourth-order valence-electron chi connectivity index (χ4n) is 1.96. The Kier molecular flexibility index (Phi) is 5.72. The van der Waals surface area contributed by atoms with Gasteiger partial charge in [0.25, 0.3) is 0 Å². The van der Waals surface area contributed by atoms with Crippen molar-refractivity contribution in [1.82, 2.24) is 0 Å². The van der Waals surface area contributed by atoms with Gasteiger partial charge in [0, 0.05) is 11.1 Å². The van der Waals surface area contributed by atoms with Gasteiger partial charge in [0.2, 0.25) is 5.78 Å². The second-order valence-corrected chi connectivity index (χ2v) is 7.63. The number of hydrogen-bond donors (Lipinski definition) is 0. The normalized spacial score (nSPS) is 12.6. The molecule has 0 bridgehead atoms. The van der Waals surface area contributed by atoms with E-state index >= 15 is 0 Å². The summed E-state index contributed by atoms with van der Waals surface area (Å²) in [5, 5.41) is 2.74. The van der Waals surface area contributed by atoms with Gasteiger partial charge in [-0.3, -0.25) is 4.79 Å². The second-order valence-electron chi connectivity index (χ2n) is 5.12. The van der Waals surface area contributed by atoms with Crippen LogP contribution in [0.15, 0.2) is 54.6 Å². The molecule has 0 heterocycles. The summed E-state index contributed by atoms with van der Waals surface area (Å²) in [6, 6.07) is 16.2. The van der Waals surface area contributed by atoms with E-state index < -0.39 is 9.93 Å². The smallest absolute Gasteiger partial charge is 0.212 e. The number of ketones is 1. The Hall–Kier alpha value is -2.38. The van der Waals surface area contributed by atoms with E-state index in [1.807, 2.05) is 37.3 Å². The highest BCUT2D eigenvalue weighted by atomic mass is 32.2. The molecule has 23 heavy (non-hydrogen) atoms. The highest BCUT2D eigenvalue weighted by molar-refractivity contribution is 8.07. The number of carbonyl (C=O) groups excluding carboxylic acids is 1. The van der Waals surface area contributed by atoms with Gasteiger partial charge in [0.05, 0.1) is 6.61 Å². The van der Waals surface area contributed by atoms with Gasteiger partial charge in [0.15, 0.2) is 20.9 Å². The Bertz CT molecular complexity index is 768. The van der Waals surface area contributed by atoms with Crippen molar-refractivity contribution in [3.8, 4) is 16.9 Å². The fourth-order valence-corrected chi connectivity index (χ4v) is 3.03. The Morgan fingerprint density at radius 1 is 1.09 bits per heavy atom. The maximum Gasteiger partial charge on any atom is 0.212 e. The standard InChI is InChI=1S/C19H19O3S/c1-3-22-18-11-9-17(10-12-18)19(20)15-23(2,21)14-13-16-7-5-4-6-8-16/h4-12H,3,15H2,1-2H3/q+1. The zero-order chi connectivity index (χ0) is 16.7. The van der Waals surface area contributed by atoms with E-state index in [1.165, 1.54) is 6.26 Å². The predicted molar refractivity (Wildman–Crippen MR) is 94.1 cm³/mol. The molecule has 118 valence electrons. The highest BCUT2D eigenvalue weighted by Crippen LogP contribution is 2.14. The summed E-state index contributed by atoms with van der Waals surface area (Å²) >= 11 is 0. The summed E-state index contributed by atoms with van der Waals surface area (Å²) in [5.41, 5.74) is 1.31. The molecule has 0 aliphatic rings. The van der Waals surface area contributed by atoms with Crippen LogP contribution in [-0.2, 0) is 14.1 Å².